The highest BCUT2D eigenvalue weighted by Gasteiger charge is 2.20. The van der Waals surface area contributed by atoms with Gasteiger partial charge in [0.05, 0.1) is 0 Å². The van der Waals surface area contributed by atoms with Crippen LogP contribution in [0.4, 0.5) is 0 Å². The third kappa shape index (κ3) is 3.50. The first-order valence-electron chi connectivity index (χ1n) is 6.85. The molecule has 104 valence electrons. The Hall–Kier alpha value is -1.58. The Balaban J connectivity index is 1.65. The molecule has 3 nitrogen and oxygen atoms in total. The number of benzene rings is 1. The van der Waals surface area contributed by atoms with Crippen LogP contribution < -0.4 is 10.1 Å². The van der Waals surface area contributed by atoms with E-state index >= 15 is 0 Å². The van der Waals surface area contributed by atoms with Crippen molar-refractivity contribution < 1.29 is 4.74 Å². The molecule has 0 atom stereocenters. The lowest BCUT2D eigenvalue weighted by molar-refractivity contribution is 0.301. The number of ether oxygens (including phenoxy) is 1. The van der Waals surface area contributed by atoms with Crippen LogP contribution in [-0.4, -0.2) is 11.0 Å². The van der Waals surface area contributed by atoms with E-state index in [9.17, 15) is 0 Å². The van der Waals surface area contributed by atoms with Crippen LogP contribution in [0.5, 0.6) is 5.75 Å². The molecule has 0 bridgehead atoms. The summed E-state index contributed by atoms with van der Waals surface area (Å²) in [4.78, 5) is 4.17. The van der Waals surface area contributed by atoms with Gasteiger partial charge in [-0.2, -0.15) is 0 Å². The molecular weight excluding hydrogens is 272 g/mol. The Labute approximate surface area is 123 Å². The van der Waals surface area contributed by atoms with Crippen molar-refractivity contribution in [2.75, 3.05) is 0 Å². The Bertz CT molecular complexity index is 584. The molecule has 0 saturated heterocycles. The highest BCUT2D eigenvalue weighted by molar-refractivity contribution is 6.31. The molecule has 4 heteroatoms. The molecule has 1 N–H and O–H groups in total. The minimum absolute atomic E-state index is 0.472. The van der Waals surface area contributed by atoms with Crippen molar-refractivity contribution in [3.63, 3.8) is 0 Å². The first-order valence-corrected chi connectivity index (χ1v) is 7.23. The standard InChI is InChI=1S/C16H17ClN2O/c17-15-4-2-1-3-12(15)11-20-16-7-8-18-9-13(16)10-19-14-5-6-14/h1-4,7-9,14,19H,5-6,10-11H2. The highest BCUT2D eigenvalue weighted by atomic mass is 35.5. The van der Waals surface area contributed by atoms with Gasteiger partial charge in [0.15, 0.2) is 0 Å². The van der Waals surface area contributed by atoms with Crippen LogP contribution in [-0.2, 0) is 13.2 Å². The maximum absolute atomic E-state index is 6.14. The molecule has 1 aromatic heterocycles. The quantitative estimate of drug-likeness (QED) is 0.882. The molecule has 0 spiro atoms. The van der Waals surface area contributed by atoms with Crippen LogP contribution in [0.1, 0.15) is 24.0 Å². The van der Waals surface area contributed by atoms with E-state index in [1.807, 2.05) is 36.5 Å². The van der Waals surface area contributed by atoms with Gasteiger partial charge in [-0.3, -0.25) is 4.98 Å². The number of pyridine rings is 1. The normalized spacial score (nSPS) is 14.2. The number of aromatic nitrogens is 1. The molecule has 3 rings (SSSR count). The highest BCUT2D eigenvalue weighted by Crippen LogP contribution is 2.23. The van der Waals surface area contributed by atoms with Gasteiger partial charge < -0.3 is 10.1 Å². The molecule has 0 unspecified atom stereocenters. The average molecular weight is 289 g/mol. The Morgan fingerprint density at radius 1 is 1.20 bits per heavy atom. The second-order valence-electron chi connectivity index (χ2n) is 5.02. The first kappa shape index (κ1) is 13.4. The van der Waals surface area contributed by atoms with Crippen LogP contribution in [0.25, 0.3) is 0 Å². The minimum atomic E-state index is 0.472. The molecule has 1 saturated carbocycles. The SMILES string of the molecule is Clc1ccccc1COc1ccncc1CNC1CC1. The van der Waals surface area contributed by atoms with E-state index in [4.69, 9.17) is 16.3 Å². The smallest absolute Gasteiger partial charge is 0.127 e. The van der Waals surface area contributed by atoms with Crippen LogP contribution in [0.3, 0.4) is 0 Å². The van der Waals surface area contributed by atoms with Gasteiger partial charge in [0.2, 0.25) is 0 Å². The summed E-state index contributed by atoms with van der Waals surface area (Å²) >= 11 is 6.14. The molecule has 2 aromatic rings. The zero-order valence-corrected chi connectivity index (χ0v) is 11.9. The van der Waals surface area contributed by atoms with Gasteiger partial charge in [-0.05, 0) is 25.0 Å². The van der Waals surface area contributed by atoms with Crippen molar-refractivity contribution in [2.24, 2.45) is 0 Å². The monoisotopic (exact) mass is 288 g/mol. The average Bonchev–Trinajstić information content (AvgIpc) is 3.29. The van der Waals surface area contributed by atoms with E-state index in [0.717, 1.165) is 28.4 Å². The summed E-state index contributed by atoms with van der Waals surface area (Å²) in [5.74, 6) is 0.869. The molecule has 0 aliphatic heterocycles. The summed E-state index contributed by atoms with van der Waals surface area (Å²) in [7, 11) is 0. The van der Waals surface area contributed by atoms with Gasteiger partial charge in [0.1, 0.15) is 12.4 Å². The number of rotatable bonds is 6. The molecule has 1 aliphatic carbocycles. The molecule has 0 amide bonds. The van der Waals surface area contributed by atoms with Crippen molar-refractivity contribution in [1.29, 1.82) is 0 Å². The minimum Gasteiger partial charge on any atom is -0.488 e. The number of nitrogens with zero attached hydrogens (tertiary/aromatic N) is 1. The summed E-state index contributed by atoms with van der Waals surface area (Å²) in [6.45, 7) is 1.27. The predicted octanol–water partition coefficient (Wildman–Crippen LogP) is 3.57. The molecule has 1 heterocycles. The second kappa shape index (κ2) is 6.25. The summed E-state index contributed by atoms with van der Waals surface area (Å²) in [5.41, 5.74) is 2.08. The first-order chi connectivity index (χ1) is 9.83. The van der Waals surface area contributed by atoms with Crippen molar-refractivity contribution >= 4 is 11.6 Å². The zero-order chi connectivity index (χ0) is 13.8. The third-order valence-electron chi connectivity index (χ3n) is 3.36. The lowest BCUT2D eigenvalue weighted by Gasteiger charge is -2.12. The number of halogens is 1. The van der Waals surface area contributed by atoms with E-state index in [-0.39, 0.29) is 0 Å². The lowest BCUT2D eigenvalue weighted by atomic mass is 10.2. The van der Waals surface area contributed by atoms with E-state index in [1.165, 1.54) is 12.8 Å². The topological polar surface area (TPSA) is 34.1 Å². The number of hydrogen-bond acceptors (Lipinski definition) is 3. The van der Waals surface area contributed by atoms with E-state index in [1.54, 1.807) is 6.20 Å². The second-order valence-corrected chi connectivity index (χ2v) is 5.43. The largest absolute Gasteiger partial charge is 0.488 e. The van der Waals surface area contributed by atoms with Crippen molar-refractivity contribution in [3.8, 4) is 5.75 Å². The number of nitrogens with one attached hydrogen (secondary N) is 1. The van der Waals surface area contributed by atoms with E-state index < -0.39 is 0 Å². The van der Waals surface area contributed by atoms with Crippen molar-refractivity contribution in [1.82, 2.24) is 10.3 Å². The Morgan fingerprint density at radius 2 is 2.05 bits per heavy atom. The summed E-state index contributed by atoms with van der Waals surface area (Å²) in [6, 6.07) is 10.3. The van der Waals surface area contributed by atoms with E-state index in [0.29, 0.717) is 12.6 Å². The maximum atomic E-state index is 6.14. The molecule has 1 aliphatic rings. The van der Waals surface area contributed by atoms with Gasteiger partial charge in [-0.1, -0.05) is 29.8 Å². The molecule has 1 aromatic carbocycles. The van der Waals surface area contributed by atoms with Crippen molar-refractivity contribution in [3.05, 3.63) is 58.9 Å². The van der Waals surface area contributed by atoms with Gasteiger partial charge in [-0.15, -0.1) is 0 Å². The fourth-order valence-corrected chi connectivity index (χ4v) is 2.19. The Morgan fingerprint density at radius 3 is 2.85 bits per heavy atom. The van der Waals surface area contributed by atoms with Crippen LogP contribution >= 0.6 is 11.6 Å². The van der Waals surface area contributed by atoms with Crippen LogP contribution in [0, 0.1) is 0 Å². The molecular formula is C16H17ClN2O. The zero-order valence-electron chi connectivity index (χ0n) is 11.2. The van der Waals surface area contributed by atoms with E-state index in [2.05, 4.69) is 10.3 Å². The molecule has 0 radical (unpaired) electrons. The molecule has 1 fully saturated rings. The van der Waals surface area contributed by atoms with Crippen molar-refractivity contribution in [2.45, 2.75) is 32.0 Å². The van der Waals surface area contributed by atoms with Gasteiger partial charge >= 0.3 is 0 Å². The fraction of sp³-hybridized carbons (Fsp3) is 0.312. The van der Waals surface area contributed by atoms with Gasteiger partial charge in [0, 0.05) is 41.1 Å². The lowest BCUT2D eigenvalue weighted by Crippen LogP contribution is -2.16. The van der Waals surface area contributed by atoms with Gasteiger partial charge in [0.25, 0.3) is 0 Å². The maximum Gasteiger partial charge on any atom is 0.127 e. The number of hydrogen-bond donors (Lipinski definition) is 1. The van der Waals surface area contributed by atoms with Gasteiger partial charge in [-0.25, -0.2) is 0 Å². The summed E-state index contributed by atoms with van der Waals surface area (Å²) in [6.07, 6.45) is 6.16. The summed E-state index contributed by atoms with van der Waals surface area (Å²) < 4.78 is 5.89. The third-order valence-corrected chi connectivity index (χ3v) is 3.73. The summed E-state index contributed by atoms with van der Waals surface area (Å²) in [5, 5.41) is 4.21. The predicted molar refractivity (Wildman–Crippen MR) is 79.9 cm³/mol. The molecule has 20 heavy (non-hydrogen) atoms. The van der Waals surface area contributed by atoms with Crippen LogP contribution in [0.15, 0.2) is 42.7 Å². The fourth-order valence-electron chi connectivity index (χ4n) is 2.00. The Kier molecular flexibility index (Phi) is 4.19. The van der Waals surface area contributed by atoms with Crippen LogP contribution in [0.2, 0.25) is 5.02 Å².